The summed E-state index contributed by atoms with van der Waals surface area (Å²) in [5.41, 5.74) is 0. The van der Waals surface area contributed by atoms with Crippen molar-refractivity contribution in [1.82, 2.24) is 5.32 Å². The molecule has 4 heteroatoms. The number of hydrogen-bond acceptors (Lipinski definition) is 3. The van der Waals surface area contributed by atoms with Gasteiger partial charge in [0, 0.05) is 17.3 Å². The number of carbonyl (C=O) groups excluding carboxylic acids is 1. The van der Waals surface area contributed by atoms with E-state index in [2.05, 4.69) is 5.32 Å². The van der Waals surface area contributed by atoms with Gasteiger partial charge in [-0.05, 0) is 31.2 Å². The summed E-state index contributed by atoms with van der Waals surface area (Å²) in [7, 11) is 0. The highest BCUT2D eigenvalue weighted by Gasteiger charge is 2.12. The Balaban J connectivity index is 2.26. The maximum atomic E-state index is 11.5. The number of amides is 1. The SMILES string of the molecule is CCC(C)NC(=O)CCC(O)c1cccs1. The molecule has 1 amide bonds. The molecule has 2 atom stereocenters. The fourth-order valence-corrected chi connectivity index (χ4v) is 2.09. The second kappa shape index (κ2) is 6.66. The van der Waals surface area contributed by atoms with E-state index in [1.54, 1.807) is 0 Å². The van der Waals surface area contributed by atoms with Gasteiger partial charge in [-0.1, -0.05) is 13.0 Å². The van der Waals surface area contributed by atoms with Gasteiger partial charge in [0.2, 0.25) is 5.91 Å². The van der Waals surface area contributed by atoms with E-state index in [1.807, 2.05) is 31.4 Å². The molecule has 3 nitrogen and oxygen atoms in total. The zero-order valence-corrected chi connectivity index (χ0v) is 10.6. The van der Waals surface area contributed by atoms with Crippen molar-refractivity contribution < 1.29 is 9.90 Å². The van der Waals surface area contributed by atoms with Crippen LogP contribution < -0.4 is 5.32 Å². The van der Waals surface area contributed by atoms with Crippen LogP contribution in [0.3, 0.4) is 0 Å². The van der Waals surface area contributed by atoms with Crippen molar-refractivity contribution in [3.8, 4) is 0 Å². The molecule has 1 aromatic heterocycles. The minimum absolute atomic E-state index is 0.0185. The van der Waals surface area contributed by atoms with E-state index in [0.29, 0.717) is 12.8 Å². The number of thiophene rings is 1. The highest BCUT2D eigenvalue weighted by molar-refractivity contribution is 7.10. The van der Waals surface area contributed by atoms with Gasteiger partial charge in [-0.15, -0.1) is 11.3 Å². The second-order valence-corrected chi connectivity index (χ2v) is 4.93. The Bertz CT molecular complexity index is 311. The van der Waals surface area contributed by atoms with Crippen molar-refractivity contribution in [2.24, 2.45) is 0 Å². The average Bonchev–Trinajstić information content (AvgIpc) is 2.79. The lowest BCUT2D eigenvalue weighted by atomic mass is 10.1. The van der Waals surface area contributed by atoms with Gasteiger partial charge in [-0.25, -0.2) is 0 Å². The predicted octanol–water partition coefficient (Wildman–Crippen LogP) is 2.48. The number of carbonyl (C=O) groups is 1. The summed E-state index contributed by atoms with van der Waals surface area (Å²) in [6.07, 6.45) is 1.29. The molecule has 0 aliphatic rings. The van der Waals surface area contributed by atoms with E-state index in [9.17, 15) is 9.90 Å². The molecule has 0 radical (unpaired) electrons. The van der Waals surface area contributed by atoms with Crippen molar-refractivity contribution in [2.45, 2.75) is 45.3 Å². The quantitative estimate of drug-likeness (QED) is 0.804. The van der Waals surface area contributed by atoms with E-state index >= 15 is 0 Å². The zero-order valence-electron chi connectivity index (χ0n) is 9.77. The first-order chi connectivity index (χ1) is 7.63. The van der Waals surface area contributed by atoms with E-state index in [-0.39, 0.29) is 11.9 Å². The Morgan fingerprint density at radius 1 is 1.62 bits per heavy atom. The van der Waals surface area contributed by atoms with Crippen molar-refractivity contribution in [3.05, 3.63) is 22.4 Å². The molecule has 0 fully saturated rings. The minimum Gasteiger partial charge on any atom is -0.388 e. The number of aliphatic hydroxyl groups excluding tert-OH is 1. The molecule has 0 spiro atoms. The van der Waals surface area contributed by atoms with Crippen molar-refractivity contribution in [1.29, 1.82) is 0 Å². The summed E-state index contributed by atoms with van der Waals surface area (Å²) < 4.78 is 0. The van der Waals surface area contributed by atoms with Crippen LogP contribution in [0.2, 0.25) is 0 Å². The van der Waals surface area contributed by atoms with E-state index in [0.717, 1.165) is 11.3 Å². The van der Waals surface area contributed by atoms with Gasteiger partial charge in [0.25, 0.3) is 0 Å². The normalized spacial score (nSPS) is 14.4. The molecule has 2 unspecified atom stereocenters. The van der Waals surface area contributed by atoms with Gasteiger partial charge < -0.3 is 10.4 Å². The Labute approximate surface area is 100 Å². The van der Waals surface area contributed by atoms with Crippen LogP contribution in [-0.4, -0.2) is 17.1 Å². The van der Waals surface area contributed by atoms with Crippen LogP contribution in [0.1, 0.15) is 44.1 Å². The fraction of sp³-hybridized carbons (Fsp3) is 0.583. The third kappa shape index (κ3) is 4.33. The Morgan fingerprint density at radius 3 is 2.94 bits per heavy atom. The maximum Gasteiger partial charge on any atom is 0.220 e. The summed E-state index contributed by atoms with van der Waals surface area (Å²) in [5, 5.41) is 14.6. The van der Waals surface area contributed by atoms with Gasteiger partial charge in [-0.3, -0.25) is 4.79 Å². The molecule has 0 saturated carbocycles. The van der Waals surface area contributed by atoms with Crippen LogP contribution in [-0.2, 0) is 4.79 Å². The molecule has 0 aromatic carbocycles. The molecule has 1 aromatic rings. The zero-order chi connectivity index (χ0) is 12.0. The standard InChI is InChI=1S/C12H19NO2S/c1-3-9(2)13-12(15)7-6-10(14)11-5-4-8-16-11/h4-5,8-10,14H,3,6-7H2,1-2H3,(H,13,15). The number of aliphatic hydroxyl groups is 1. The smallest absolute Gasteiger partial charge is 0.220 e. The number of rotatable bonds is 6. The van der Waals surface area contributed by atoms with Crippen LogP contribution in [0.5, 0.6) is 0 Å². The lowest BCUT2D eigenvalue weighted by molar-refractivity contribution is -0.122. The minimum atomic E-state index is -0.511. The third-order valence-electron chi connectivity index (χ3n) is 2.54. The topological polar surface area (TPSA) is 49.3 Å². The molecular formula is C12H19NO2S. The van der Waals surface area contributed by atoms with Crippen LogP contribution in [0.4, 0.5) is 0 Å². The summed E-state index contributed by atoms with van der Waals surface area (Å²) >= 11 is 1.52. The van der Waals surface area contributed by atoms with Crippen LogP contribution in [0, 0.1) is 0 Å². The molecule has 0 aliphatic carbocycles. The summed E-state index contributed by atoms with van der Waals surface area (Å²) in [5.74, 6) is 0.0185. The molecule has 0 saturated heterocycles. The maximum absolute atomic E-state index is 11.5. The number of hydrogen-bond donors (Lipinski definition) is 2. The van der Waals surface area contributed by atoms with Crippen molar-refractivity contribution >= 4 is 17.2 Å². The van der Waals surface area contributed by atoms with E-state index in [1.165, 1.54) is 11.3 Å². The molecule has 1 heterocycles. The van der Waals surface area contributed by atoms with E-state index in [4.69, 9.17) is 0 Å². The first kappa shape index (κ1) is 13.2. The van der Waals surface area contributed by atoms with Gasteiger partial charge in [0.05, 0.1) is 6.10 Å². The van der Waals surface area contributed by atoms with Gasteiger partial charge in [-0.2, -0.15) is 0 Å². The predicted molar refractivity (Wildman–Crippen MR) is 66.4 cm³/mol. The van der Waals surface area contributed by atoms with Gasteiger partial charge in [0.1, 0.15) is 0 Å². The van der Waals surface area contributed by atoms with Crippen LogP contribution in [0.25, 0.3) is 0 Å². The Kier molecular flexibility index (Phi) is 5.49. The lowest BCUT2D eigenvalue weighted by Gasteiger charge is -2.12. The molecule has 16 heavy (non-hydrogen) atoms. The second-order valence-electron chi connectivity index (χ2n) is 3.95. The molecule has 2 N–H and O–H groups in total. The first-order valence-electron chi connectivity index (χ1n) is 5.64. The fourth-order valence-electron chi connectivity index (χ4n) is 1.34. The van der Waals surface area contributed by atoms with Crippen molar-refractivity contribution in [3.63, 3.8) is 0 Å². The van der Waals surface area contributed by atoms with Gasteiger partial charge >= 0.3 is 0 Å². The van der Waals surface area contributed by atoms with E-state index < -0.39 is 6.10 Å². The van der Waals surface area contributed by atoms with Gasteiger partial charge in [0.15, 0.2) is 0 Å². The monoisotopic (exact) mass is 241 g/mol. The lowest BCUT2D eigenvalue weighted by Crippen LogP contribution is -2.31. The number of nitrogens with one attached hydrogen (secondary N) is 1. The molecular weight excluding hydrogens is 222 g/mol. The highest BCUT2D eigenvalue weighted by atomic mass is 32.1. The van der Waals surface area contributed by atoms with Crippen molar-refractivity contribution in [2.75, 3.05) is 0 Å². The largest absolute Gasteiger partial charge is 0.388 e. The molecule has 1 rings (SSSR count). The Morgan fingerprint density at radius 2 is 2.38 bits per heavy atom. The highest BCUT2D eigenvalue weighted by Crippen LogP contribution is 2.22. The summed E-state index contributed by atoms with van der Waals surface area (Å²) in [6.45, 7) is 4.01. The average molecular weight is 241 g/mol. The molecule has 90 valence electrons. The Hall–Kier alpha value is -0.870. The third-order valence-corrected chi connectivity index (χ3v) is 3.51. The summed E-state index contributed by atoms with van der Waals surface area (Å²) in [6, 6.07) is 4.01. The van der Waals surface area contributed by atoms with Crippen LogP contribution in [0.15, 0.2) is 17.5 Å². The molecule has 0 aliphatic heterocycles. The van der Waals surface area contributed by atoms with Crippen LogP contribution >= 0.6 is 11.3 Å². The summed E-state index contributed by atoms with van der Waals surface area (Å²) in [4.78, 5) is 12.4. The first-order valence-corrected chi connectivity index (χ1v) is 6.52. The molecule has 0 bridgehead atoms.